The second-order valence-electron chi connectivity index (χ2n) is 4.33. The first-order valence-electron chi connectivity index (χ1n) is 5.71. The second-order valence-corrected chi connectivity index (χ2v) is 4.33. The molecule has 0 radical (unpaired) electrons. The van der Waals surface area contributed by atoms with Gasteiger partial charge < -0.3 is 15.5 Å². The third-order valence-corrected chi connectivity index (χ3v) is 2.97. The van der Waals surface area contributed by atoms with Crippen LogP contribution in [0, 0.1) is 0 Å². The second kappa shape index (κ2) is 5.23. The van der Waals surface area contributed by atoms with Gasteiger partial charge in [0.1, 0.15) is 5.82 Å². The number of nitrogens with two attached hydrogens (primary N) is 1. The predicted molar refractivity (Wildman–Crippen MR) is 64.1 cm³/mol. The van der Waals surface area contributed by atoms with E-state index in [4.69, 9.17) is 5.73 Å². The van der Waals surface area contributed by atoms with Crippen molar-refractivity contribution in [2.24, 2.45) is 0 Å². The van der Waals surface area contributed by atoms with Crippen LogP contribution in [0.5, 0.6) is 0 Å². The third kappa shape index (κ3) is 3.15. The molecule has 1 aromatic rings. The van der Waals surface area contributed by atoms with Gasteiger partial charge >= 0.3 is 0 Å². The molecular formula is C11H19N5. The van der Waals surface area contributed by atoms with Crippen LogP contribution in [0.1, 0.15) is 5.82 Å². The van der Waals surface area contributed by atoms with Crippen molar-refractivity contribution in [2.75, 3.05) is 45.5 Å². The van der Waals surface area contributed by atoms with Crippen molar-refractivity contribution in [3.8, 4) is 0 Å². The van der Waals surface area contributed by atoms with E-state index in [2.05, 4.69) is 26.8 Å². The van der Waals surface area contributed by atoms with Crippen LogP contribution in [0.2, 0.25) is 0 Å². The Kier molecular flexibility index (Phi) is 3.69. The summed E-state index contributed by atoms with van der Waals surface area (Å²) in [4.78, 5) is 13.2. The maximum atomic E-state index is 5.54. The highest BCUT2D eigenvalue weighted by Gasteiger charge is 2.13. The number of nitrogen functional groups attached to an aromatic ring is 1. The zero-order valence-corrected chi connectivity index (χ0v) is 9.76. The first-order valence-corrected chi connectivity index (χ1v) is 5.71. The van der Waals surface area contributed by atoms with Crippen LogP contribution in [0.15, 0.2) is 12.4 Å². The van der Waals surface area contributed by atoms with Gasteiger partial charge in [0, 0.05) is 39.1 Å². The molecule has 2 heterocycles. The smallest absolute Gasteiger partial charge is 0.129 e. The summed E-state index contributed by atoms with van der Waals surface area (Å²) in [6.07, 6.45) is 4.25. The van der Waals surface area contributed by atoms with Gasteiger partial charge in [0.15, 0.2) is 0 Å². The monoisotopic (exact) mass is 221 g/mol. The summed E-state index contributed by atoms with van der Waals surface area (Å²) in [5, 5.41) is 0. The van der Waals surface area contributed by atoms with Crippen LogP contribution in [0.25, 0.3) is 0 Å². The number of rotatable bonds is 3. The molecule has 1 aliphatic heterocycles. The molecule has 5 nitrogen and oxygen atoms in total. The predicted octanol–water partition coefficient (Wildman–Crippen LogP) is -0.151. The summed E-state index contributed by atoms with van der Waals surface area (Å²) >= 11 is 0. The maximum Gasteiger partial charge on any atom is 0.129 e. The number of hydrogen-bond acceptors (Lipinski definition) is 5. The average Bonchev–Trinajstić information content (AvgIpc) is 2.30. The van der Waals surface area contributed by atoms with E-state index >= 15 is 0 Å². The van der Waals surface area contributed by atoms with E-state index in [0.29, 0.717) is 5.69 Å². The Morgan fingerprint density at radius 3 is 2.44 bits per heavy atom. The summed E-state index contributed by atoms with van der Waals surface area (Å²) in [6, 6.07) is 0. The van der Waals surface area contributed by atoms with Crippen molar-refractivity contribution < 1.29 is 0 Å². The van der Waals surface area contributed by atoms with Gasteiger partial charge in [-0.3, -0.25) is 0 Å². The van der Waals surface area contributed by atoms with E-state index in [1.165, 1.54) is 0 Å². The largest absolute Gasteiger partial charge is 0.396 e. The van der Waals surface area contributed by atoms with Gasteiger partial charge in [-0.2, -0.15) is 0 Å². The van der Waals surface area contributed by atoms with Crippen molar-refractivity contribution in [1.29, 1.82) is 0 Å². The zero-order chi connectivity index (χ0) is 11.4. The molecule has 2 rings (SSSR count). The van der Waals surface area contributed by atoms with Crippen molar-refractivity contribution in [1.82, 2.24) is 19.8 Å². The molecular weight excluding hydrogens is 202 g/mol. The molecule has 2 N–H and O–H groups in total. The van der Waals surface area contributed by atoms with Gasteiger partial charge in [-0.05, 0) is 7.05 Å². The lowest BCUT2D eigenvalue weighted by Gasteiger charge is -2.32. The zero-order valence-electron chi connectivity index (χ0n) is 9.76. The number of hydrogen-bond donors (Lipinski definition) is 1. The Hall–Kier alpha value is -1.20. The molecule has 1 fully saturated rings. The van der Waals surface area contributed by atoms with Crippen LogP contribution in [0.3, 0.4) is 0 Å². The van der Waals surface area contributed by atoms with Crippen molar-refractivity contribution in [3.63, 3.8) is 0 Å². The standard InChI is InChI=1S/C11H19N5/c1-15-4-6-16(7-5-15)3-2-11-13-8-10(12)9-14-11/h8-9H,2-7,12H2,1H3. The van der Waals surface area contributed by atoms with E-state index < -0.39 is 0 Å². The molecule has 0 amide bonds. The normalized spacial score (nSPS) is 18.8. The first-order chi connectivity index (χ1) is 7.74. The quantitative estimate of drug-likeness (QED) is 0.769. The summed E-state index contributed by atoms with van der Waals surface area (Å²) in [5.41, 5.74) is 6.17. The Bertz CT molecular complexity index is 316. The fourth-order valence-electron chi connectivity index (χ4n) is 1.82. The average molecular weight is 221 g/mol. The van der Waals surface area contributed by atoms with E-state index in [0.717, 1.165) is 45.0 Å². The molecule has 5 heteroatoms. The molecule has 1 aromatic heterocycles. The number of piperazine rings is 1. The molecule has 0 aromatic carbocycles. The number of aromatic nitrogens is 2. The number of nitrogens with zero attached hydrogens (tertiary/aromatic N) is 4. The van der Waals surface area contributed by atoms with Crippen LogP contribution in [-0.2, 0) is 6.42 Å². The molecule has 0 spiro atoms. The highest BCUT2D eigenvalue weighted by molar-refractivity contribution is 5.30. The van der Waals surface area contributed by atoms with Gasteiger partial charge in [0.25, 0.3) is 0 Å². The Morgan fingerprint density at radius 2 is 1.81 bits per heavy atom. The molecule has 16 heavy (non-hydrogen) atoms. The van der Waals surface area contributed by atoms with E-state index in [1.807, 2.05) is 0 Å². The molecule has 1 aliphatic rings. The molecule has 0 aliphatic carbocycles. The molecule has 0 saturated carbocycles. The molecule has 0 unspecified atom stereocenters. The third-order valence-electron chi connectivity index (χ3n) is 2.97. The van der Waals surface area contributed by atoms with Crippen LogP contribution in [-0.4, -0.2) is 59.5 Å². The summed E-state index contributed by atoms with van der Waals surface area (Å²) in [6.45, 7) is 5.64. The minimum absolute atomic E-state index is 0.628. The number of anilines is 1. The minimum atomic E-state index is 0.628. The van der Waals surface area contributed by atoms with E-state index in [1.54, 1.807) is 12.4 Å². The lowest BCUT2D eigenvalue weighted by Crippen LogP contribution is -2.45. The highest BCUT2D eigenvalue weighted by Crippen LogP contribution is 2.02. The van der Waals surface area contributed by atoms with Crippen LogP contribution >= 0.6 is 0 Å². The summed E-state index contributed by atoms with van der Waals surface area (Å²) in [7, 11) is 2.17. The lowest BCUT2D eigenvalue weighted by molar-refractivity contribution is 0.155. The summed E-state index contributed by atoms with van der Waals surface area (Å²) in [5.74, 6) is 0.883. The lowest BCUT2D eigenvalue weighted by atomic mass is 10.3. The molecule has 1 saturated heterocycles. The van der Waals surface area contributed by atoms with E-state index in [-0.39, 0.29) is 0 Å². The van der Waals surface area contributed by atoms with Gasteiger partial charge in [0.05, 0.1) is 18.1 Å². The van der Waals surface area contributed by atoms with Crippen molar-refractivity contribution >= 4 is 5.69 Å². The fraction of sp³-hybridized carbons (Fsp3) is 0.636. The molecule has 0 bridgehead atoms. The van der Waals surface area contributed by atoms with Gasteiger partial charge in [-0.15, -0.1) is 0 Å². The van der Waals surface area contributed by atoms with Crippen LogP contribution < -0.4 is 5.73 Å². The van der Waals surface area contributed by atoms with Gasteiger partial charge in [-0.25, -0.2) is 9.97 Å². The SMILES string of the molecule is CN1CCN(CCc2ncc(N)cn2)CC1. The minimum Gasteiger partial charge on any atom is -0.396 e. The fourth-order valence-corrected chi connectivity index (χ4v) is 1.82. The topological polar surface area (TPSA) is 58.3 Å². The van der Waals surface area contributed by atoms with Crippen molar-refractivity contribution in [2.45, 2.75) is 6.42 Å². The number of likely N-dealkylation sites (N-methyl/N-ethyl adjacent to an activating group) is 1. The van der Waals surface area contributed by atoms with Crippen LogP contribution in [0.4, 0.5) is 5.69 Å². The Morgan fingerprint density at radius 1 is 1.19 bits per heavy atom. The first kappa shape index (κ1) is 11.3. The molecule has 0 atom stereocenters. The van der Waals surface area contributed by atoms with Crippen molar-refractivity contribution in [3.05, 3.63) is 18.2 Å². The Labute approximate surface area is 96.3 Å². The van der Waals surface area contributed by atoms with E-state index in [9.17, 15) is 0 Å². The van der Waals surface area contributed by atoms with Gasteiger partial charge in [-0.1, -0.05) is 0 Å². The molecule has 88 valence electrons. The summed E-state index contributed by atoms with van der Waals surface area (Å²) < 4.78 is 0. The maximum absolute atomic E-state index is 5.54. The highest BCUT2D eigenvalue weighted by atomic mass is 15.2. The Balaban J connectivity index is 1.77. The van der Waals surface area contributed by atoms with Gasteiger partial charge in [0.2, 0.25) is 0 Å².